The standard InChI is InChI=1S/C14H15N3OS/c1-8(2)17-7-12-13(16-14(17)18)15-10-6-9(3)4-5-11(10)19-12/h4-8H,1-3H3,(H,15,16,18). The largest absolute Gasteiger partial charge is 0.349 e. The first-order valence-electron chi connectivity index (χ1n) is 6.23. The van der Waals surface area contributed by atoms with Crippen molar-refractivity contribution in [2.24, 2.45) is 0 Å². The molecular weight excluding hydrogens is 258 g/mol. The maximum Gasteiger partial charge on any atom is 0.349 e. The lowest BCUT2D eigenvalue weighted by molar-refractivity contribution is 0.557. The van der Waals surface area contributed by atoms with Gasteiger partial charge in [-0.3, -0.25) is 4.57 Å². The number of rotatable bonds is 1. The van der Waals surface area contributed by atoms with Crippen LogP contribution in [-0.2, 0) is 0 Å². The van der Waals surface area contributed by atoms with Crippen molar-refractivity contribution in [3.05, 3.63) is 40.4 Å². The highest BCUT2D eigenvalue weighted by atomic mass is 32.2. The fourth-order valence-corrected chi connectivity index (χ4v) is 3.01. The monoisotopic (exact) mass is 273 g/mol. The molecule has 1 aromatic carbocycles. The summed E-state index contributed by atoms with van der Waals surface area (Å²) in [6.45, 7) is 6.01. The second-order valence-electron chi connectivity index (χ2n) is 4.96. The summed E-state index contributed by atoms with van der Waals surface area (Å²) in [4.78, 5) is 18.2. The zero-order chi connectivity index (χ0) is 13.6. The van der Waals surface area contributed by atoms with Crippen LogP contribution in [0.5, 0.6) is 0 Å². The van der Waals surface area contributed by atoms with Crippen LogP contribution in [0.25, 0.3) is 0 Å². The van der Waals surface area contributed by atoms with Gasteiger partial charge in [0, 0.05) is 17.1 Å². The average Bonchev–Trinajstić information content (AvgIpc) is 2.35. The first-order valence-corrected chi connectivity index (χ1v) is 7.05. The van der Waals surface area contributed by atoms with E-state index in [0.717, 1.165) is 15.5 Å². The molecule has 0 unspecified atom stereocenters. The molecule has 0 spiro atoms. The summed E-state index contributed by atoms with van der Waals surface area (Å²) in [6.07, 6.45) is 1.88. The number of anilines is 2. The summed E-state index contributed by atoms with van der Waals surface area (Å²) in [6, 6.07) is 6.37. The summed E-state index contributed by atoms with van der Waals surface area (Å²) in [5.74, 6) is 0.657. The molecule has 0 saturated heterocycles. The van der Waals surface area contributed by atoms with E-state index >= 15 is 0 Å². The second kappa shape index (κ2) is 4.42. The molecule has 4 nitrogen and oxygen atoms in total. The zero-order valence-electron chi connectivity index (χ0n) is 11.1. The van der Waals surface area contributed by atoms with Crippen molar-refractivity contribution in [1.82, 2.24) is 9.55 Å². The minimum absolute atomic E-state index is 0.116. The van der Waals surface area contributed by atoms with E-state index in [0.29, 0.717) is 5.82 Å². The van der Waals surface area contributed by atoms with Crippen LogP contribution in [0.1, 0.15) is 25.5 Å². The minimum atomic E-state index is -0.210. The summed E-state index contributed by atoms with van der Waals surface area (Å²) in [5, 5.41) is 3.24. The van der Waals surface area contributed by atoms with Crippen molar-refractivity contribution < 1.29 is 0 Å². The Morgan fingerprint density at radius 2 is 2.11 bits per heavy atom. The van der Waals surface area contributed by atoms with Gasteiger partial charge in [0.05, 0.1) is 10.6 Å². The first kappa shape index (κ1) is 12.3. The van der Waals surface area contributed by atoms with Crippen molar-refractivity contribution in [3.8, 4) is 0 Å². The maximum absolute atomic E-state index is 11.9. The van der Waals surface area contributed by atoms with Crippen LogP contribution in [0.4, 0.5) is 11.5 Å². The van der Waals surface area contributed by atoms with Crippen molar-refractivity contribution in [2.45, 2.75) is 36.6 Å². The van der Waals surface area contributed by atoms with Crippen molar-refractivity contribution in [3.63, 3.8) is 0 Å². The Balaban J connectivity index is 2.10. The predicted molar refractivity (Wildman–Crippen MR) is 77.5 cm³/mol. The molecule has 98 valence electrons. The number of hydrogen-bond acceptors (Lipinski definition) is 4. The summed E-state index contributed by atoms with van der Waals surface area (Å²) in [5.41, 5.74) is 2.00. The number of fused-ring (bicyclic) bond motifs is 2. The van der Waals surface area contributed by atoms with Gasteiger partial charge in [-0.2, -0.15) is 4.98 Å². The molecule has 1 N–H and O–H groups in total. The van der Waals surface area contributed by atoms with Crippen LogP contribution in [0.3, 0.4) is 0 Å². The van der Waals surface area contributed by atoms with E-state index in [4.69, 9.17) is 0 Å². The second-order valence-corrected chi connectivity index (χ2v) is 6.05. The highest BCUT2D eigenvalue weighted by Crippen LogP contribution is 2.42. The fourth-order valence-electron chi connectivity index (χ4n) is 2.06. The van der Waals surface area contributed by atoms with E-state index in [-0.39, 0.29) is 11.7 Å². The lowest BCUT2D eigenvalue weighted by Gasteiger charge is -2.21. The summed E-state index contributed by atoms with van der Waals surface area (Å²) >= 11 is 1.65. The molecule has 3 rings (SSSR count). The first-order chi connectivity index (χ1) is 9.04. The van der Waals surface area contributed by atoms with E-state index in [1.54, 1.807) is 16.3 Å². The molecule has 1 aliphatic heterocycles. The molecule has 0 amide bonds. The molecule has 0 fully saturated rings. The van der Waals surface area contributed by atoms with E-state index in [9.17, 15) is 4.79 Å². The molecule has 0 saturated carbocycles. The van der Waals surface area contributed by atoms with Gasteiger partial charge in [0.15, 0.2) is 5.82 Å². The Morgan fingerprint density at radius 3 is 2.84 bits per heavy atom. The van der Waals surface area contributed by atoms with E-state index < -0.39 is 0 Å². The van der Waals surface area contributed by atoms with E-state index in [1.807, 2.05) is 27.0 Å². The quantitative estimate of drug-likeness (QED) is 0.738. The highest BCUT2D eigenvalue weighted by molar-refractivity contribution is 7.99. The molecule has 1 aliphatic rings. The number of aryl methyl sites for hydroxylation is 1. The van der Waals surface area contributed by atoms with Gasteiger partial charge in [-0.25, -0.2) is 4.79 Å². The van der Waals surface area contributed by atoms with Gasteiger partial charge in [-0.15, -0.1) is 0 Å². The number of nitrogens with one attached hydrogen (secondary N) is 1. The van der Waals surface area contributed by atoms with E-state index in [1.165, 1.54) is 5.56 Å². The molecule has 0 bridgehead atoms. The predicted octanol–water partition coefficient (Wildman–Crippen LogP) is 3.34. The van der Waals surface area contributed by atoms with Gasteiger partial charge in [-0.1, -0.05) is 17.8 Å². The third-order valence-electron chi connectivity index (χ3n) is 3.08. The van der Waals surface area contributed by atoms with Gasteiger partial charge in [0.1, 0.15) is 0 Å². The van der Waals surface area contributed by atoms with Crippen molar-refractivity contribution in [1.29, 1.82) is 0 Å². The van der Waals surface area contributed by atoms with Gasteiger partial charge >= 0.3 is 5.69 Å². The van der Waals surface area contributed by atoms with Gasteiger partial charge < -0.3 is 5.32 Å². The van der Waals surface area contributed by atoms with Gasteiger partial charge in [0.25, 0.3) is 0 Å². The number of hydrogen-bond donors (Lipinski definition) is 1. The minimum Gasteiger partial charge on any atom is -0.338 e. The Kier molecular flexibility index (Phi) is 2.86. The number of aromatic nitrogens is 2. The Morgan fingerprint density at radius 1 is 1.32 bits per heavy atom. The maximum atomic E-state index is 11.9. The summed E-state index contributed by atoms with van der Waals surface area (Å²) < 4.78 is 1.66. The lowest BCUT2D eigenvalue weighted by atomic mass is 10.2. The molecule has 2 aromatic rings. The topological polar surface area (TPSA) is 46.9 Å². The molecule has 5 heteroatoms. The van der Waals surface area contributed by atoms with E-state index in [2.05, 4.69) is 28.5 Å². The third kappa shape index (κ3) is 2.14. The molecule has 1 aromatic heterocycles. The van der Waals surface area contributed by atoms with Crippen LogP contribution in [0.2, 0.25) is 0 Å². The van der Waals surface area contributed by atoms with Crippen LogP contribution >= 0.6 is 11.8 Å². The van der Waals surface area contributed by atoms with Crippen LogP contribution in [0.15, 0.2) is 39.0 Å². The molecule has 19 heavy (non-hydrogen) atoms. The normalized spacial score (nSPS) is 12.8. The Labute approximate surface area is 115 Å². The molecule has 2 heterocycles. The van der Waals surface area contributed by atoms with Crippen LogP contribution in [0, 0.1) is 6.92 Å². The van der Waals surface area contributed by atoms with Crippen LogP contribution in [-0.4, -0.2) is 9.55 Å². The Bertz CT molecular complexity index is 706. The summed E-state index contributed by atoms with van der Waals surface area (Å²) in [7, 11) is 0. The number of nitrogens with zero attached hydrogens (tertiary/aromatic N) is 2. The molecule has 0 radical (unpaired) electrons. The molecule has 0 atom stereocenters. The highest BCUT2D eigenvalue weighted by Gasteiger charge is 2.19. The van der Waals surface area contributed by atoms with Crippen LogP contribution < -0.4 is 11.0 Å². The van der Waals surface area contributed by atoms with Crippen molar-refractivity contribution in [2.75, 3.05) is 5.32 Å². The lowest BCUT2D eigenvalue weighted by Crippen LogP contribution is -2.26. The Hall–Kier alpha value is -1.75. The smallest absolute Gasteiger partial charge is 0.338 e. The van der Waals surface area contributed by atoms with Gasteiger partial charge in [-0.05, 0) is 38.5 Å². The molecular formula is C14H15N3OS. The SMILES string of the molecule is Cc1ccc2c(c1)Nc1nc(=O)n(C(C)C)cc1S2. The van der Waals surface area contributed by atoms with Gasteiger partial charge in [0.2, 0.25) is 0 Å². The zero-order valence-corrected chi connectivity index (χ0v) is 11.9. The third-order valence-corrected chi connectivity index (χ3v) is 4.18. The number of benzene rings is 1. The fraction of sp³-hybridized carbons (Fsp3) is 0.286. The van der Waals surface area contributed by atoms with Crippen molar-refractivity contribution >= 4 is 23.3 Å². The average molecular weight is 273 g/mol. The molecule has 0 aliphatic carbocycles.